The first kappa shape index (κ1) is 123. The highest BCUT2D eigenvalue weighted by Crippen LogP contribution is 2.39. The molecule has 0 spiro atoms. The Bertz CT molecular complexity index is 7610. The van der Waals surface area contributed by atoms with Crippen molar-refractivity contribution >= 4 is 178 Å². The van der Waals surface area contributed by atoms with Crippen LogP contribution in [0.1, 0.15) is 210 Å². The first-order valence-electron chi connectivity index (χ1n) is 42.3. The maximum atomic E-state index is 13.7. The van der Waals surface area contributed by atoms with Crippen molar-refractivity contribution in [2.45, 2.75) is 175 Å². The molecule has 16 rings (SSSR count). The normalized spacial score (nSPS) is 11.7. The first-order chi connectivity index (χ1) is 65.0. The van der Waals surface area contributed by atoms with E-state index in [1.54, 1.807) is 197 Å². The third kappa shape index (κ3) is 29.7. The van der Waals surface area contributed by atoms with E-state index in [0.29, 0.717) is 54.5 Å². The molecule has 0 bridgehead atoms. The summed E-state index contributed by atoms with van der Waals surface area (Å²) in [7, 11) is -11.8. The molecule has 41 heteroatoms. The second-order valence-corrected chi connectivity index (χ2v) is 45.1. The van der Waals surface area contributed by atoms with E-state index in [-0.39, 0.29) is 168 Å². The van der Waals surface area contributed by atoms with E-state index >= 15 is 0 Å². The van der Waals surface area contributed by atoms with Crippen LogP contribution in [0, 0.1) is 0 Å². The van der Waals surface area contributed by atoms with Crippen LogP contribution in [0.25, 0.3) is 22.6 Å². The van der Waals surface area contributed by atoms with Gasteiger partial charge >= 0.3 is 0 Å². The molecule has 0 fully saturated rings. The Labute approximate surface area is 885 Å². The van der Waals surface area contributed by atoms with Gasteiger partial charge in [-0.3, -0.25) is 24.1 Å². The van der Waals surface area contributed by atoms with E-state index in [4.69, 9.17) is 60.6 Å². The molecule has 1 unspecified atom stereocenters. The van der Waals surface area contributed by atoms with Crippen LogP contribution >= 0.6 is 74.7 Å². The van der Waals surface area contributed by atoms with E-state index in [1.807, 2.05) is 70.3 Å². The number of aldehydes is 1. The number of aromatic nitrogens is 12. The minimum Gasteiger partial charge on any atom is -0.382 e. The van der Waals surface area contributed by atoms with Crippen LogP contribution in [0.3, 0.4) is 0 Å². The number of imidazole rings is 4. The van der Waals surface area contributed by atoms with Gasteiger partial charge in [0, 0.05) is 143 Å². The third-order valence-corrected chi connectivity index (χ3v) is 29.4. The SMILES string of the molecule is C.C.C.C.C.C.CC(C)(C)c1ccc(S(=O)(=O)Nc2cc(Cl)cnc2C(=O)c2ccc3nccn3c2)cc1.COCN(c1cc(Cl)cnc1Br)S(=O)(=O)c1ccc(C(C)(C)C)cc1.COCN(c1cc(Cl)cnc1C(=O)c1ccc2nccn2c1)S(=O)(=O)c1ccc(C(C)(C)C)cc1.COCN(c1cc(Cl)cnc1C(O)c1ccc2nccn2c1)S(=O)(=O)c1ccc(C(C)(C)C)cc1.Cl.O=Cc1ccc2nccn2c1. The van der Waals surface area contributed by atoms with Crippen molar-refractivity contribution in [3.63, 3.8) is 0 Å². The number of aliphatic hydroxyl groups excluding tert-OH is 1. The third-order valence-electron chi connectivity index (χ3n) is 21.4. The Kier molecular flexibility index (Phi) is 43.8. The number of fused-ring (bicyclic) bond motifs is 4. The quantitative estimate of drug-likeness (QED) is 0.0232. The van der Waals surface area contributed by atoms with Crippen molar-refractivity contribution in [1.29, 1.82) is 0 Å². The summed E-state index contributed by atoms with van der Waals surface area (Å²) in [4.78, 5) is 70.6. The van der Waals surface area contributed by atoms with Crippen LogP contribution in [0.15, 0.2) is 293 Å². The molecule has 776 valence electrons. The van der Waals surface area contributed by atoms with Gasteiger partial charge in [0.1, 0.15) is 64.9 Å². The lowest BCUT2D eigenvalue weighted by atomic mass is 9.87. The highest BCUT2D eigenvalue weighted by Gasteiger charge is 2.35. The van der Waals surface area contributed by atoms with Crippen molar-refractivity contribution in [3.8, 4) is 0 Å². The molecule has 0 amide bonds. The summed E-state index contributed by atoms with van der Waals surface area (Å²) in [6.07, 6.45) is 25.3. The average molecular weight is 2220 g/mol. The van der Waals surface area contributed by atoms with Crippen LogP contribution in [0.2, 0.25) is 20.1 Å². The van der Waals surface area contributed by atoms with Crippen molar-refractivity contribution in [2.75, 3.05) is 59.2 Å². The molecule has 0 aliphatic rings. The fraction of sp³-hybridized carbons (Fsp3) is 0.279. The number of carbonyl (C=O) groups excluding carboxylic acids is 3. The van der Waals surface area contributed by atoms with Gasteiger partial charge in [-0.05, 0) is 175 Å². The summed E-state index contributed by atoms with van der Waals surface area (Å²) >= 11 is 27.7. The van der Waals surface area contributed by atoms with Crippen LogP contribution < -0.4 is 17.6 Å². The number of anilines is 4. The van der Waals surface area contributed by atoms with Gasteiger partial charge in [-0.25, -0.2) is 81.5 Å². The summed E-state index contributed by atoms with van der Waals surface area (Å²) in [5, 5.41) is 12.2. The van der Waals surface area contributed by atoms with Crippen LogP contribution in [0.5, 0.6) is 0 Å². The largest absolute Gasteiger partial charge is 0.382 e. The van der Waals surface area contributed by atoms with Crippen LogP contribution in [0.4, 0.5) is 22.7 Å². The lowest BCUT2D eigenvalue weighted by molar-refractivity contribution is 0.102. The summed E-state index contributed by atoms with van der Waals surface area (Å²) in [6.45, 7) is 23.9. The minimum atomic E-state index is -4.12. The van der Waals surface area contributed by atoms with Gasteiger partial charge in [0.15, 0.2) is 6.29 Å². The zero-order chi connectivity index (χ0) is 100. The van der Waals surface area contributed by atoms with E-state index in [9.17, 15) is 53.2 Å². The molecule has 0 aliphatic carbocycles. The molecule has 0 radical (unpaired) electrons. The fourth-order valence-corrected chi connectivity index (χ4v) is 20.2. The predicted molar refractivity (Wildman–Crippen MR) is 585 cm³/mol. The Balaban J connectivity index is 0.000000325. The molecular formula is C104H124BrCl5N16O15S4. The Morgan fingerprint density at radius 1 is 0.400 bits per heavy atom. The van der Waals surface area contributed by atoms with E-state index in [1.165, 1.54) is 82.5 Å². The average Bonchev–Trinajstić information content (AvgIpc) is 1.19. The summed E-state index contributed by atoms with van der Waals surface area (Å²) < 4.78 is 136. The molecule has 0 aliphatic heterocycles. The van der Waals surface area contributed by atoms with Crippen molar-refractivity contribution in [2.24, 2.45) is 0 Å². The lowest BCUT2D eigenvalue weighted by Gasteiger charge is -2.27. The molecule has 0 saturated heterocycles. The maximum absolute atomic E-state index is 13.7. The first-order valence-corrected chi connectivity index (χ1v) is 50.4. The van der Waals surface area contributed by atoms with Gasteiger partial charge in [0.25, 0.3) is 40.1 Å². The molecule has 2 N–H and O–H groups in total. The monoisotopic (exact) mass is 2220 g/mol. The lowest BCUT2D eigenvalue weighted by Crippen LogP contribution is -2.34. The highest BCUT2D eigenvalue weighted by atomic mass is 79.9. The van der Waals surface area contributed by atoms with Crippen molar-refractivity contribution in [3.05, 3.63) is 355 Å². The number of rotatable bonds is 25. The fourth-order valence-electron chi connectivity index (χ4n) is 13.8. The number of nitrogens with zero attached hydrogens (tertiary/aromatic N) is 15. The van der Waals surface area contributed by atoms with Gasteiger partial charge in [-0.1, -0.05) is 229 Å². The number of ketones is 2. The zero-order valence-corrected chi connectivity index (χ0v) is 86.7. The second kappa shape index (κ2) is 51.4. The summed E-state index contributed by atoms with van der Waals surface area (Å²) in [5.74, 6) is -0.912. The van der Waals surface area contributed by atoms with Gasteiger partial charge in [-0.15, -0.1) is 12.4 Å². The smallest absolute Gasteiger partial charge is 0.266 e. The number of sulfonamides is 4. The van der Waals surface area contributed by atoms with Gasteiger partial charge in [0.05, 0.1) is 68.1 Å². The zero-order valence-electron chi connectivity index (χ0n) is 78.0. The van der Waals surface area contributed by atoms with Crippen LogP contribution in [-0.2, 0) is 76.0 Å². The molecule has 16 aromatic rings. The Hall–Kier alpha value is -12.0. The van der Waals surface area contributed by atoms with Gasteiger partial charge < -0.3 is 36.9 Å². The van der Waals surface area contributed by atoms with E-state index in [2.05, 4.69) is 102 Å². The number of methoxy groups -OCH3 is 3. The Morgan fingerprint density at radius 2 is 0.710 bits per heavy atom. The molecular weight excluding hydrogens is 2100 g/mol. The van der Waals surface area contributed by atoms with Gasteiger partial charge in [-0.2, -0.15) is 0 Å². The second-order valence-electron chi connectivity index (χ2n) is 35.3. The number of benzene rings is 4. The summed E-state index contributed by atoms with van der Waals surface area (Å²) in [6, 6.07) is 46.3. The van der Waals surface area contributed by atoms with E-state index < -0.39 is 57.8 Å². The maximum Gasteiger partial charge on any atom is 0.266 e. The standard InChI is InChI=1S/C25H27ClN4O4S.C25H25ClN4O4S.C23H21ClN4O3S.C17H20BrClN2O3S.C8H6N2O.6CH4.ClH/c2*1-25(2,3)18-6-8-20(9-7-18)35(32,33)30(16-34-4)21-13-19(26)14-28-23(21)24(31)17-5-10-22-27-11-12-29(22)15-17;1-23(2,3)16-5-7-18(8-6-16)32(30,31)27-19-12-17(24)13-26-21(19)22(29)15-4-9-20-25-10-11-28(20)14-15;1-17(2,3)12-5-7-14(8-6-12)25(22,23)21(11-24-4)15-9-13(19)10-20-16(15)18;11-6-7-1-2-8-9-3-4-10(8)5-7;;;;;;;/h5-15,24,31H,16H2,1-4H3;5-15H,16H2,1-4H3;4-14,27H,1-3H3;5-10H,11H2,1-4H3;1-6H;6*1H4;1H. The number of halogens is 6. The molecule has 12 aromatic heterocycles. The molecule has 31 nitrogen and oxygen atoms in total. The number of nitrogens with one attached hydrogen (secondary N) is 1. The molecule has 12 heterocycles. The number of carbonyl (C=O) groups is 3. The number of hydrogen-bond acceptors (Lipinski definition) is 23. The molecule has 1 atom stereocenters. The molecule has 0 saturated carbocycles. The van der Waals surface area contributed by atoms with Crippen molar-refractivity contribution < 1.29 is 67.4 Å². The van der Waals surface area contributed by atoms with Gasteiger partial charge in [0.2, 0.25) is 11.6 Å². The van der Waals surface area contributed by atoms with Crippen LogP contribution in [-0.4, -0.2) is 156 Å². The highest BCUT2D eigenvalue weighted by molar-refractivity contribution is 9.10. The molecule has 145 heavy (non-hydrogen) atoms. The van der Waals surface area contributed by atoms with E-state index in [0.717, 1.165) is 47.1 Å². The summed E-state index contributed by atoms with van der Waals surface area (Å²) in [5.41, 5.74) is 8.85. The molecule has 4 aromatic carbocycles. The number of hydrogen-bond donors (Lipinski definition) is 2. The predicted octanol–water partition coefficient (Wildman–Crippen LogP) is 24.0. The number of pyridine rings is 8. The number of aliphatic hydroxyl groups is 1. The van der Waals surface area contributed by atoms with Crippen molar-refractivity contribution in [1.82, 2.24) is 57.5 Å². The Morgan fingerprint density at radius 3 is 1.10 bits per heavy atom. The topological polar surface area (TPSA) is 378 Å². The minimum absolute atomic E-state index is 0. The number of ether oxygens (including phenoxy) is 3.